The Kier molecular flexibility index (Phi) is 2.83. The summed E-state index contributed by atoms with van der Waals surface area (Å²) in [6.45, 7) is 0. The van der Waals surface area contributed by atoms with Crippen LogP contribution in [0.15, 0.2) is 49.1 Å². The van der Waals surface area contributed by atoms with Crippen LogP contribution in [0.5, 0.6) is 0 Å². The minimum atomic E-state index is -1.04. The molecule has 6 heteroatoms. The van der Waals surface area contributed by atoms with Crippen LogP contribution in [0, 0.1) is 0 Å². The monoisotopic (exact) mass is 268 g/mol. The first-order valence-electron chi connectivity index (χ1n) is 6.02. The van der Waals surface area contributed by atoms with E-state index < -0.39 is 5.97 Å². The van der Waals surface area contributed by atoms with E-state index in [0.29, 0.717) is 0 Å². The number of aryl methyl sites for hydroxylation is 1. The maximum Gasteiger partial charge on any atom is 0.356 e. The van der Waals surface area contributed by atoms with E-state index in [2.05, 4.69) is 10.1 Å². The molecule has 0 aliphatic carbocycles. The molecule has 100 valence electrons. The lowest BCUT2D eigenvalue weighted by atomic mass is 10.1. The second kappa shape index (κ2) is 4.65. The van der Waals surface area contributed by atoms with E-state index in [9.17, 15) is 4.79 Å². The van der Waals surface area contributed by atoms with Crippen molar-refractivity contribution in [3.63, 3.8) is 0 Å². The Labute approximate surface area is 114 Å². The van der Waals surface area contributed by atoms with E-state index in [1.807, 2.05) is 35.0 Å². The first kappa shape index (κ1) is 12.2. The lowest BCUT2D eigenvalue weighted by Gasteiger charge is -2.09. The molecule has 3 aromatic rings. The van der Waals surface area contributed by atoms with Crippen LogP contribution < -0.4 is 0 Å². The predicted octanol–water partition coefficient (Wildman–Crippen LogP) is 1.97. The number of carbonyl (C=O) groups is 1. The standard InChI is InChI=1S/C14H12N4O2/c1-17-13(8-11(16-17)14(19)20)10-4-2-3-5-12(10)18-7-6-15-9-18/h2-9H,1H3,(H,19,20). The molecular weight excluding hydrogens is 256 g/mol. The summed E-state index contributed by atoms with van der Waals surface area (Å²) in [7, 11) is 1.73. The van der Waals surface area contributed by atoms with Gasteiger partial charge in [-0.15, -0.1) is 0 Å². The summed E-state index contributed by atoms with van der Waals surface area (Å²) < 4.78 is 3.45. The summed E-state index contributed by atoms with van der Waals surface area (Å²) in [4.78, 5) is 15.1. The minimum Gasteiger partial charge on any atom is -0.476 e. The van der Waals surface area contributed by atoms with E-state index in [1.165, 1.54) is 0 Å². The van der Waals surface area contributed by atoms with Gasteiger partial charge in [-0.2, -0.15) is 5.10 Å². The van der Waals surface area contributed by atoms with Gasteiger partial charge in [-0.25, -0.2) is 9.78 Å². The van der Waals surface area contributed by atoms with Crippen LogP contribution in [0.4, 0.5) is 0 Å². The molecule has 1 N–H and O–H groups in total. The van der Waals surface area contributed by atoms with Crippen molar-refractivity contribution >= 4 is 5.97 Å². The normalized spacial score (nSPS) is 10.7. The van der Waals surface area contributed by atoms with E-state index in [0.717, 1.165) is 16.9 Å². The van der Waals surface area contributed by atoms with Gasteiger partial charge in [-0.05, 0) is 12.1 Å². The second-order valence-corrected chi connectivity index (χ2v) is 4.33. The van der Waals surface area contributed by atoms with Crippen molar-refractivity contribution in [1.82, 2.24) is 19.3 Å². The number of rotatable bonds is 3. The highest BCUT2D eigenvalue weighted by Gasteiger charge is 2.15. The van der Waals surface area contributed by atoms with Crippen molar-refractivity contribution < 1.29 is 9.90 Å². The largest absolute Gasteiger partial charge is 0.476 e. The van der Waals surface area contributed by atoms with Crippen molar-refractivity contribution in [1.29, 1.82) is 0 Å². The molecule has 0 bridgehead atoms. The van der Waals surface area contributed by atoms with Gasteiger partial charge >= 0.3 is 5.97 Å². The molecule has 6 nitrogen and oxygen atoms in total. The fourth-order valence-electron chi connectivity index (χ4n) is 2.14. The molecule has 0 saturated carbocycles. The van der Waals surface area contributed by atoms with E-state index in [-0.39, 0.29) is 5.69 Å². The Morgan fingerprint density at radius 2 is 2.10 bits per heavy atom. The number of imidazole rings is 1. The average molecular weight is 268 g/mol. The zero-order chi connectivity index (χ0) is 14.1. The van der Waals surface area contributed by atoms with Crippen molar-refractivity contribution in [2.45, 2.75) is 0 Å². The third-order valence-electron chi connectivity index (χ3n) is 3.06. The Hall–Kier alpha value is -2.89. The third kappa shape index (κ3) is 1.97. The van der Waals surface area contributed by atoms with E-state index in [1.54, 1.807) is 30.3 Å². The number of aromatic nitrogens is 4. The molecule has 0 aliphatic rings. The van der Waals surface area contributed by atoms with Crippen molar-refractivity contribution in [3.05, 3.63) is 54.7 Å². The molecular formula is C14H12N4O2. The lowest BCUT2D eigenvalue weighted by molar-refractivity contribution is 0.0689. The quantitative estimate of drug-likeness (QED) is 0.788. The van der Waals surface area contributed by atoms with Gasteiger partial charge in [0.25, 0.3) is 0 Å². The molecule has 0 aliphatic heterocycles. The van der Waals surface area contributed by atoms with Gasteiger partial charge in [-0.1, -0.05) is 18.2 Å². The first-order chi connectivity index (χ1) is 9.66. The van der Waals surface area contributed by atoms with Crippen LogP contribution in [-0.2, 0) is 7.05 Å². The number of aromatic carboxylic acids is 1. The van der Waals surface area contributed by atoms with Gasteiger partial charge in [0.2, 0.25) is 0 Å². The van der Waals surface area contributed by atoms with Gasteiger partial charge < -0.3 is 9.67 Å². The van der Waals surface area contributed by atoms with Crippen LogP contribution in [0.1, 0.15) is 10.5 Å². The number of hydrogen-bond donors (Lipinski definition) is 1. The van der Waals surface area contributed by atoms with Gasteiger partial charge in [0.05, 0.1) is 17.7 Å². The summed E-state index contributed by atoms with van der Waals surface area (Å²) in [5, 5.41) is 13.0. The van der Waals surface area contributed by atoms with Gasteiger partial charge in [-0.3, -0.25) is 4.68 Å². The molecule has 0 fully saturated rings. The summed E-state index contributed by atoms with van der Waals surface area (Å²) in [5.74, 6) is -1.04. The summed E-state index contributed by atoms with van der Waals surface area (Å²) >= 11 is 0. The predicted molar refractivity (Wildman–Crippen MR) is 72.7 cm³/mol. The van der Waals surface area contributed by atoms with Crippen molar-refractivity contribution in [2.24, 2.45) is 7.05 Å². The molecule has 2 aromatic heterocycles. The highest BCUT2D eigenvalue weighted by Crippen LogP contribution is 2.26. The molecule has 1 aromatic carbocycles. The van der Waals surface area contributed by atoms with Crippen LogP contribution in [0.3, 0.4) is 0 Å². The van der Waals surface area contributed by atoms with Gasteiger partial charge in [0.15, 0.2) is 5.69 Å². The number of carboxylic acid groups (broad SMARTS) is 1. The molecule has 0 atom stereocenters. The molecule has 3 rings (SSSR count). The molecule has 0 unspecified atom stereocenters. The summed E-state index contributed by atoms with van der Waals surface area (Å²) in [5.41, 5.74) is 2.59. The molecule has 0 radical (unpaired) electrons. The third-order valence-corrected chi connectivity index (χ3v) is 3.06. The smallest absolute Gasteiger partial charge is 0.356 e. The minimum absolute atomic E-state index is 0.0305. The van der Waals surface area contributed by atoms with Crippen LogP contribution >= 0.6 is 0 Å². The fourth-order valence-corrected chi connectivity index (χ4v) is 2.14. The lowest BCUT2D eigenvalue weighted by Crippen LogP contribution is -2.00. The molecule has 0 amide bonds. The Balaban J connectivity index is 2.18. The maximum atomic E-state index is 11.0. The second-order valence-electron chi connectivity index (χ2n) is 4.33. The maximum absolute atomic E-state index is 11.0. The Morgan fingerprint density at radius 1 is 1.30 bits per heavy atom. The Bertz CT molecular complexity index is 759. The van der Waals surface area contributed by atoms with Crippen molar-refractivity contribution in [2.75, 3.05) is 0 Å². The number of benzene rings is 1. The van der Waals surface area contributed by atoms with E-state index in [4.69, 9.17) is 5.11 Å². The zero-order valence-electron chi connectivity index (χ0n) is 10.8. The average Bonchev–Trinajstić information content (AvgIpc) is 3.08. The molecule has 20 heavy (non-hydrogen) atoms. The zero-order valence-corrected chi connectivity index (χ0v) is 10.8. The number of para-hydroxylation sites is 1. The highest BCUT2D eigenvalue weighted by molar-refractivity contribution is 5.87. The highest BCUT2D eigenvalue weighted by atomic mass is 16.4. The topological polar surface area (TPSA) is 72.9 Å². The van der Waals surface area contributed by atoms with Gasteiger partial charge in [0.1, 0.15) is 0 Å². The number of nitrogens with zero attached hydrogens (tertiary/aromatic N) is 4. The molecule has 0 saturated heterocycles. The Morgan fingerprint density at radius 3 is 2.75 bits per heavy atom. The van der Waals surface area contributed by atoms with Crippen LogP contribution in [-0.4, -0.2) is 30.4 Å². The number of hydrogen-bond acceptors (Lipinski definition) is 3. The SMILES string of the molecule is Cn1nc(C(=O)O)cc1-c1ccccc1-n1ccnc1. The number of carboxylic acids is 1. The van der Waals surface area contributed by atoms with Crippen LogP contribution in [0.25, 0.3) is 16.9 Å². The van der Waals surface area contributed by atoms with Crippen LogP contribution in [0.2, 0.25) is 0 Å². The summed E-state index contributed by atoms with van der Waals surface area (Å²) in [6.07, 6.45) is 5.24. The van der Waals surface area contributed by atoms with Crippen molar-refractivity contribution in [3.8, 4) is 16.9 Å². The van der Waals surface area contributed by atoms with Gasteiger partial charge in [0, 0.05) is 25.0 Å². The molecule has 2 heterocycles. The fraction of sp³-hybridized carbons (Fsp3) is 0.0714. The molecule has 0 spiro atoms. The van der Waals surface area contributed by atoms with E-state index >= 15 is 0 Å². The first-order valence-corrected chi connectivity index (χ1v) is 6.02. The summed E-state index contributed by atoms with van der Waals surface area (Å²) in [6, 6.07) is 9.27.